The van der Waals surface area contributed by atoms with E-state index in [1.54, 1.807) is 0 Å². The van der Waals surface area contributed by atoms with Crippen molar-refractivity contribution in [3.8, 4) is 11.5 Å². The Hall–Kier alpha value is -1.95. The molecule has 0 saturated carbocycles. The molecule has 3 heterocycles. The normalized spacial score (nSPS) is 17.4. The van der Waals surface area contributed by atoms with Crippen LogP contribution in [0.3, 0.4) is 0 Å². The van der Waals surface area contributed by atoms with Crippen molar-refractivity contribution in [2.75, 3.05) is 25.0 Å². The summed E-state index contributed by atoms with van der Waals surface area (Å²) in [4.78, 5) is 11.4. The van der Waals surface area contributed by atoms with Gasteiger partial charge in [-0.15, -0.1) is 0 Å². The maximum Gasteiger partial charge on any atom is 0.259 e. The van der Waals surface area contributed by atoms with E-state index in [1.807, 2.05) is 25.4 Å². The number of nitrogens with one attached hydrogen (secondary N) is 1. The Bertz CT molecular complexity index is 616. The molecule has 0 radical (unpaired) electrons. The minimum atomic E-state index is 0.322. The summed E-state index contributed by atoms with van der Waals surface area (Å²) in [5.41, 5.74) is 0.870. The highest BCUT2D eigenvalue weighted by molar-refractivity contribution is 5.54. The van der Waals surface area contributed by atoms with Crippen LogP contribution in [0.5, 0.6) is 0 Å². The quantitative estimate of drug-likeness (QED) is 0.914. The Morgan fingerprint density at radius 2 is 2.13 bits per heavy atom. The highest BCUT2D eigenvalue weighted by Crippen LogP contribution is 2.23. The van der Waals surface area contributed by atoms with Crippen LogP contribution in [0.4, 0.5) is 5.82 Å². The topological polar surface area (TPSA) is 67.1 Å². The van der Waals surface area contributed by atoms with Gasteiger partial charge in [0.1, 0.15) is 5.82 Å². The SMILES string of the molecule is CNC(C)Cc1noc(-c2ccc(N3CCC(C)CC3)nc2)n1. The average molecular weight is 315 g/mol. The second kappa shape index (κ2) is 7.08. The molecule has 23 heavy (non-hydrogen) atoms. The molecule has 1 saturated heterocycles. The lowest BCUT2D eigenvalue weighted by molar-refractivity contribution is 0.418. The van der Waals surface area contributed by atoms with Crippen LogP contribution in [0.2, 0.25) is 0 Å². The summed E-state index contributed by atoms with van der Waals surface area (Å²) in [5, 5.41) is 7.21. The maximum atomic E-state index is 5.35. The first-order valence-corrected chi connectivity index (χ1v) is 8.37. The number of nitrogens with zero attached hydrogens (tertiary/aromatic N) is 4. The first kappa shape index (κ1) is 15.9. The van der Waals surface area contributed by atoms with Gasteiger partial charge in [-0.05, 0) is 44.9 Å². The van der Waals surface area contributed by atoms with Gasteiger partial charge in [-0.25, -0.2) is 4.98 Å². The summed E-state index contributed by atoms with van der Waals surface area (Å²) < 4.78 is 5.35. The smallest absolute Gasteiger partial charge is 0.259 e. The summed E-state index contributed by atoms with van der Waals surface area (Å²) in [7, 11) is 1.93. The van der Waals surface area contributed by atoms with Crippen LogP contribution >= 0.6 is 0 Å². The minimum absolute atomic E-state index is 0.322. The van der Waals surface area contributed by atoms with Crippen LogP contribution in [0.25, 0.3) is 11.5 Å². The van der Waals surface area contributed by atoms with Crippen LogP contribution in [0, 0.1) is 5.92 Å². The van der Waals surface area contributed by atoms with Gasteiger partial charge in [-0.3, -0.25) is 0 Å². The third kappa shape index (κ3) is 3.88. The molecule has 1 atom stereocenters. The number of likely N-dealkylation sites (N-methyl/N-ethyl adjacent to an activating group) is 1. The predicted molar refractivity (Wildman–Crippen MR) is 90.4 cm³/mol. The Labute approximate surface area is 137 Å². The molecule has 6 nitrogen and oxygen atoms in total. The van der Waals surface area contributed by atoms with Crippen molar-refractivity contribution in [3.63, 3.8) is 0 Å². The van der Waals surface area contributed by atoms with Gasteiger partial charge in [0.05, 0.1) is 5.56 Å². The second-order valence-corrected chi connectivity index (χ2v) is 6.48. The van der Waals surface area contributed by atoms with E-state index in [2.05, 4.69) is 39.2 Å². The van der Waals surface area contributed by atoms with Crippen molar-refractivity contribution in [2.45, 2.75) is 39.2 Å². The van der Waals surface area contributed by atoms with Crippen LogP contribution in [0.1, 0.15) is 32.5 Å². The van der Waals surface area contributed by atoms with E-state index in [-0.39, 0.29) is 0 Å². The number of hydrogen-bond donors (Lipinski definition) is 1. The van der Waals surface area contributed by atoms with Gasteiger partial charge < -0.3 is 14.7 Å². The number of aromatic nitrogens is 3. The largest absolute Gasteiger partial charge is 0.357 e. The molecule has 1 N–H and O–H groups in total. The van der Waals surface area contributed by atoms with E-state index in [0.717, 1.165) is 42.6 Å². The molecular weight excluding hydrogens is 290 g/mol. The van der Waals surface area contributed by atoms with Gasteiger partial charge in [-0.2, -0.15) is 4.98 Å². The zero-order valence-corrected chi connectivity index (χ0v) is 14.1. The van der Waals surface area contributed by atoms with Gasteiger partial charge in [0, 0.05) is 31.7 Å². The molecule has 2 aromatic rings. The van der Waals surface area contributed by atoms with E-state index in [4.69, 9.17) is 4.52 Å². The van der Waals surface area contributed by atoms with Gasteiger partial charge >= 0.3 is 0 Å². The van der Waals surface area contributed by atoms with E-state index in [0.29, 0.717) is 11.9 Å². The molecule has 1 fully saturated rings. The third-order valence-corrected chi connectivity index (χ3v) is 4.55. The zero-order valence-electron chi connectivity index (χ0n) is 14.1. The minimum Gasteiger partial charge on any atom is -0.357 e. The molecule has 3 rings (SSSR count). The van der Waals surface area contributed by atoms with Crippen molar-refractivity contribution < 1.29 is 4.52 Å². The lowest BCUT2D eigenvalue weighted by atomic mass is 9.99. The highest BCUT2D eigenvalue weighted by Gasteiger charge is 2.17. The fourth-order valence-corrected chi connectivity index (χ4v) is 2.77. The molecule has 2 aromatic heterocycles. The molecule has 0 spiro atoms. The second-order valence-electron chi connectivity index (χ2n) is 6.48. The number of hydrogen-bond acceptors (Lipinski definition) is 6. The lowest BCUT2D eigenvalue weighted by Crippen LogP contribution is -2.33. The molecule has 1 aliphatic rings. The van der Waals surface area contributed by atoms with E-state index in [9.17, 15) is 0 Å². The molecule has 1 aliphatic heterocycles. The molecular formula is C17H25N5O. The van der Waals surface area contributed by atoms with Crippen molar-refractivity contribution >= 4 is 5.82 Å². The number of rotatable bonds is 5. The summed E-state index contributed by atoms with van der Waals surface area (Å²) in [6.07, 6.45) is 5.05. The number of pyridine rings is 1. The Morgan fingerprint density at radius 3 is 2.78 bits per heavy atom. The van der Waals surface area contributed by atoms with Gasteiger partial charge in [0.2, 0.25) is 0 Å². The van der Waals surface area contributed by atoms with Crippen molar-refractivity contribution in [3.05, 3.63) is 24.2 Å². The molecule has 0 bridgehead atoms. The van der Waals surface area contributed by atoms with E-state index >= 15 is 0 Å². The van der Waals surface area contributed by atoms with Crippen LogP contribution in [0.15, 0.2) is 22.9 Å². The van der Waals surface area contributed by atoms with E-state index < -0.39 is 0 Å². The summed E-state index contributed by atoms with van der Waals surface area (Å²) >= 11 is 0. The Balaban J connectivity index is 1.67. The van der Waals surface area contributed by atoms with Crippen LogP contribution < -0.4 is 10.2 Å². The Morgan fingerprint density at radius 1 is 1.35 bits per heavy atom. The standard InChI is InChI=1S/C17H25N5O/c1-12-6-8-22(9-7-12)16-5-4-14(11-19-16)17-20-15(21-23-17)10-13(2)18-3/h4-5,11-13,18H,6-10H2,1-3H3. The number of piperidine rings is 1. The van der Waals surface area contributed by atoms with E-state index in [1.165, 1.54) is 12.8 Å². The zero-order chi connectivity index (χ0) is 16.2. The van der Waals surface area contributed by atoms with Crippen molar-refractivity contribution in [1.82, 2.24) is 20.4 Å². The fourth-order valence-electron chi connectivity index (χ4n) is 2.77. The molecule has 0 amide bonds. The average Bonchev–Trinajstić information content (AvgIpc) is 3.04. The summed E-state index contributed by atoms with van der Waals surface area (Å²) in [6.45, 7) is 6.57. The fraction of sp³-hybridized carbons (Fsp3) is 0.588. The van der Waals surface area contributed by atoms with Gasteiger partial charge in [0.15, 0.2) is 5.82 Å². The summed E-state index contributed by atoms with van der Waals surface area (Å²) in [6, 6.07) is 4.38. The highest BCUT2D eigenvalue weighted by atomic mass is 16.5. The van der Waals surface area contributed by atoms with Crippen LogP contribution in [-0.4, -0.2) is 41.3 Å². The molecule has 6 heteroatoms. The van der Waals surface area contributed by atoms with Gasteiger partial charge in [0.25, 0.3) is 5.89 Å². The third-order valence-electron chi connectivity index (χ3n) is 4.55. The number of anilines is 1. The monoisotopic (exact) mass is 315 g/mol. The first-order chi connectivity index (χ1) is 11.2. The predicted octanol–water partition coefficient (Wildman–Crippen LogP) is 2.52. The maximum absolute atomic E-state index is 5.35. The molecule has 1 unspecified atom stereocenters. The van der Waals surface area contributed by atoms with Gasteiger partial charge in [-0.1, -0.05) is 12.1 Å². The molecule has 0 aromatic carbocycles. The Kier molecular flexibility index (Phi) is 4.91. The molecule has 124 valence electrons. The lowest BCUT2D eigenvalue weighted by Gasteiger charge is -2.31. The van der Waals surface area contributed by atoms with Crippen LogP contribution in [-0.2, 0) is 6.42 Å². The molecule has 0 aliphatic carbocycles. The van der Waals surface area contributed by atoms with Crippen molar-refractivity contribution in [1.29, 1.82) is 0 Å². The summed E-state index contributed by atoms with van der Waals surface area (Å²) in [5.74, 6) is 3.11. The first-order valence-electron chi connectivity index (χ1n) is 8.37. The van der Waals surface area contributed by atoms with Crippen molar-refractivity contribution in [2.24, 2.45) is 5.92 Å².